The molecule has 0 bridgehead atoms. The van der Waals surface area contributed by atoms with Crippen LogP contribution in [0.15, 0.2) is 18.2 Å². The minimum Gasteiger partial charge on any atom is -0.497 e. The molecule has 2 rings (SSSR count). The van der Waals surface area contributed by atoms with Gasteiger partial charge in [0.15, 0.2) is 5.78 Å². The van der Waals surface area contributed by atoms with Crippen molar-refractivity contribution in [2.75, 3.05) is 13.7 Å². The van der Waals surface area contributed by atoms with Gasteiger partial charge in [-0.2, -0.15) is 0 Å². The Morgan fingerprint density at radius 1 is 1.39 bits per heavy atom. The molecule has 3 heteroatoms. The highest BCUT2D eigenvalue weighted by Gasteiger charge is 2.26. The van der Waals surface area contributed by atoms with Gasteiger partial charge in [0.05, 0.1) is 7.11 Å². The molecule has 0 heterocycles. The predicted octanol–water partition coefficient (Wildman–Crippen LogP) is 2.57. The third kappa shape index (κ3) is 2.72. The molecule has 3 nitrogen and oxygen atoms in total. The molecule has 2 N–H and O–H groups in total. The first-order valence-corrected chi connectivity index (χ1v) is 6.67. The van der Waals surface area contributed by atoms with Crippen molar-refractivity contribution in [1.29, 1.82) is 0 Å². The number of ether oxygens (including phenoxy) is 1. The molecule has 0 saturated heterocycles. The van der Waals surface area contributed by atoms with E-state index < -0.39 is 0 Å². The summed E-state index contributed by atoms with van der Waals surface area (Å²) in [4.78, 5) is 12.3. The van der Waals surface area contributed by atoms with Crippen molar-refractivity contribution in [2.24, 2.45) is 11.7 Å². The molecule has 1 aliphatic rings. The second kappa shape index (κ2) is 6.01. The van der Waals surface area contributed by atoms with Crippen molar-refractivity contribution in [3.63, 3.8) is 0 Å². The monoisotopic (exact) mass is 247 g/mol. The molecule has 0 spiro atoms. The van der Waals surface area contributed by atoms with Gasteiger partial charge in [-0.25, -0.2) is 0 Å². The van der Waals surface area contributed by atoms with Crippen LogP contribution in [0.1, 0.15) is 41.6 Å². The summed E-state index contributed by atoms with van der Waals surface area (Å²) in [7, 11) is 1.65. The summed E-state index contributed by atoms with van der Waals surface area (Å²) in [5.74, 6) is 1.33. The zero-order valence-electron chi connectivity index (χ0n) is 10.9. The third-order valence-corrected chi connectivity index (χ3v) is 3.72. The zero-order valence-corrected chi connectivity index (χ0v) is 10.9. The number of rotatable bonds is 5. The fourth-order valence-electron chi connectivity index (χ4n) is 2.64. The van der Waals surface area contributed by atoms with E-state index in [1.165, 1.54) is 0 Å². The van der Waals surface area contributed by atoms with Gasteiger partial charge in [0, 0.05) is 11.5 Å². The van der Waals surface area contributed by atoms with Crippen molar-refractivity contribution in [3.8, 4) is 5.75 Å². The van der Waals surface area contributed by atoms with Gasteiger partial charge in [-0.15, -0.1) is 0 Å². The molecule has 1 unspecified atom stereocenters. The Morgan fingerprint density at radius 2 is 2.22 bits per heavy atom. The molecule has 0 aromatic heterocycles. The lowest BCUT2D eigenvalue weighted by molar-refractivity contribution is 0.0892. The molecule has 98 valence electrons. The first-order valence-electron chi connectivity index (χ1n) is 6.67. The van der Waals surface area contributed by atoms with Gasteiger partial charge in [-0.3, -0.25) is 4.79 Å². The average molecular weight is 247 g/mol. The third-order valence-electron chi connectivity index (χ3n) is 3.72. The number of carbonyl (C=O) groups is 1. The van der Waals surface area contributed by atoms with Crippen LogP contribution in [-0.2, 0) is 6.42 Å². The molecule has 1 aromatic carbocycles. The number of hydrogen-bond acceptors (Lipinski definition) is 3. The van der Waals surface area contributed by atoms with Crippen molar-refractivity contribution in [3.05, 3.63) is 29.3 Å². The van der Waals surface area contributed by atoms with Crippen LogP contribution in [0, 0.1) is 5.92 Å². The Balaban J connectivity index is 2.08. The van der Waals surface area contributed by atoms with Crippen molar-refractivity contribution in [1.82, 2.24) is 0 Å². The van der Waals surface area contributed by atoms with Crippen LogP contribution in [-0.4, -0.2) is 19.4 Å². The lowest BCUT2D eigenvalue weighted by Crippen LogP contribution is -2.22. The molecule has 0 radical (unpaired) electrons. The highest BCUT2D eigenvalue weighted by molar-refractivity contribution is 6.00. The molecular weight excluding hydrogens is 226 g/mol. The maximum Gasteiger partial charge on any atom is 0.166 e. The number of nitrogens with two attached hydrogens (primary N) is 1. The maximum atomic E-state index is 12.3. The Morgan fingerprint density at radius 3 is 2.94 bits per heavy atom. The van der Waals surface area contributed by atoms with Gasteiger partial charge in [-0.1, -0.05) is 6.42 Å². The SMILES string of the molecule is COc1ccc2c(c1)CCC(CCCCN)C2=O. The molecule has 0 aliphatic heterocycles. The zero-order chi connectivity index (χ0) is 13.0. The van der Waals surface area contributed by atoms with Crippen LogP contribution >= 0.6 is 0 Å². The Bertz CT molecular complexity index is 429. The summed E-state index contributed by atoms with van der Waals surface area (Å²) >= 11 is 0. The largest absolute Gasteiger partial charge is 0.497 e. The van der Waals surface area contributed by atoms with E-state index in [1.54, 1.807) is 7.11 Å². The Hall–Kier alpha value is -1.35. The number of hydrogen-bond donors (Lipinski definition) is 1. The number of methoxy groups -OCH3 is 1. The standard InChI is InChI=1S/C15H21NO2/c1-18-13-7-8-14-12(10-13)6-5-11(15(14)17)4-2-3-9-16/h7-8,10-11H,2-6,9,16H2,1H3. The van der Waals surface area contributed by atoms with Crippen LogP contribution in [0.3, 0.4) is 0 Å². The molecule has 0 amide bonds. The van der Waals surface area contributed by atoms with Gasteiger partial charge >= 0.3 is 0 Å². The minimum absolute atomic E-state index is 0.192. The second-order valence-corrected chi connectivity index (χ2v) is 4.91. The topological polar surface area (TPSA) is 52.3 Å². The van der Waals surface area contributed by atoms with Gasteiger partial charge in [0.25, 0.3) is 0 Å². The van der Waals surface area contributed by atoms with E-state index in [0.717, 1.165) is 49.0 Å². The van der Waals surface area contributed by atoms with Crippen LogP contribution < -0.4 is 10.5 Å². The smallest absolute Gasteiger partial charge is 0.166 e. The van der Waals surface area contributed by atoms with E-state index in [2.05, 4.69) is 0 Å². The number of carbonyl (C=O) groups excluding carboxylic acids is 1. The molecule has 1 aromatic rings. The van der Waals surface area contributed by atoms with Gasteiger partial charge in [0.1, 0.15) is 5.75 Å². The first kappa shape index (κ1) is 13.1. The quantitative estimate of drug-likeness (QED) is 0.814. The van der Waals surface area contributed by atoms with E-state index in [-0.39, 0.29) is 5.92 Å². The highest BCUT2D eigenvalue weighted by Crippen LogP contribution is 2.30. The average Bonchev–Trinajstić information content (AvgIpc) is 2.41. The lowest BCUT2D eigenvalue weighted by atomic mass is 9.80. The van der Waals surface area contributed by atoms with Crippen molar-refractivity contribution >= 4 is 5.78 Å². The number of Topliss-reactive ketones (excluding diaryl/α,β-unsaturated/α-hetero) is 1. The first-order chi connectivity index (χ1) is 8.76. The molecular formula is C15H21NO2. The van der Waals surface area contributed by atoms with Crippen LogP contribution in [0.4, 0.5) is 0 Å². The van der Waals surface area contributed by atoms with Gasteiger partial charge in [-0.05, 0) is 56.0 Å². The van der Waals surface area contributed by atoms with E-state index in [4.69, 9.17) is 10.5 Å². The van der Waals surface area contributed by atoms with Gasteiger partial charge < -0.3 is 10.5 Å². The Kier molecular flexibility index (Phi) is 4.37. The highest BCUT2D eigenvalue weighted by atomic mass is 16.5. The number of unbranched alkanes of at least 4 members (excludes halogenated alkanes) is 1. The normalized spacial score (nSPS) is 18.6. The summed E-state index contributed by atoms with van der Waals surface area (Å²) in [6.07, 6.45) is 4.98. The number of benzene rings is 1. The molecule has 18 heavy (non-hydrogen) atoms. The van der Waals surface area contributed by atoms with E-state index in [1.807, 2.05) is 18.2 Å². The summed E-state index contributed by atoms with van der Waals surface area (Å²) in [5.41, 5.74) is 7.51. The molecule has 1 atom stereocenters. The predicted molar refractivity (Wildman–Crippen MR) is 72.0 cm³/mol. The minimum atomic E-state index is 0.192. The van der Waals surface area contributed by atoms with Crippen LogP contribution in [0.25, 0.3) is 0 Å². The summed E-state index contributed by atoms with van der Waals surface area (Å²) < 4.78 is 5.20. The fraction of sp³-hybridized carbons (Fsp3) is 0.533. The summed E-state index contributed by atoms with van der Waals surface area (Å²) in [5, 5.41) is 0. The van der Waals surface area contributed by atoms with Crippen molar-refractivity contribution < 1.29 is 9.53 Å². The molecule has 1 aliphatic carbocycles. The van der Waals surface area contributed by atoms with E-state index >= 15 is 0 Å². The molecule has 0 saturated carbocycles. The van der Waals surface area contributed by atoms with Crippen LogP contribution in [0.5, 0.6) is 5.75 Å². The van der Waals surface area contributed by atoms with E-state index in [9.17, 15) is 4.79 Å². The molecule has 0 fully saturated rings. The number of fused-ring (bicyclic) bond motifs is 1. The van der Waals surface area contributed by atoms with Crippen LogP contribution in [0.2, 0.25) is 0 Å². The maximum absolute atomic E-state index is 12.3. The number of aryl methyl sites for hydroxylation is 1. The van der Waals surface area contributed by atoms with Gasteiger partial charge in [0.2, 0.25) is 0 Å². The van der Waals surface area contributed by atoms with E-state index in [0.29, 0.717) is 12.3 Å². The summed E-state index contributed by atoms with van der Waals surface area (Å²) in [6, 6.07) is 5.77. The lowest BCUT2D eigenvalue weighted by Gasteiger charge is -2.23. The van der Waals surface area contributed by atoms with Crippen molar-refractivity contribution in [2.45, 2.75) is 32.1 Å². The fourth-order valence-corrected chi connectivity index (χ4v) is 2.64. The Labute approximate surface area is 108 Å². The number of ketones is 1. The summed E-state index contributed by atoms with van der Waals surface area (Å²) in [6.45, 7) is 0.717. The second-order valence-electron chi connectivity index (χ2n) is 4.91.